The number of hydrogen-bond acceptors (Lipinski definition) is 7. The second-order valence-electron chi connectivity index (χ2n) is 6.70. The van der Waals surface area contributed by atoms with Crippen LogP contribution in [0.25, 0.3) is 10.9 Å². The number of carbonyl (C=O) groups excluding carboxylic acids is 2. The molecule has 168 valence electrons. The van der Waals surface area contributed by atoms with Gasteiger partial charge in [0.15, 0.2) is 5.69 Å². The van der Waals surface area contributed by atoms with E-state index < -0.39 is 28.5 Å². The zero-order valence-corrected chi connectivity index (χ0v) is 19.6. The molecule has 11 heteroatoms. The van der Waals surface area contributed by atoms with E-state index in [2.05, 4.69) is 4.98 Å². The first-order valence-corrected chi connectivity index (χ1v) is 11.3. The highest BCUT2D eigenvalue weighted by atomic mass is 35.5. The van der Waals surface area contributed by atoms with E-state index in [1.54, 1.807) is 12.1 Å². The van der Waals surface area contributed by atoms with Crippen LogP contribution in [-0.4, -0.2) is 46.1 Å². The van der Waals surface area contributed by atoms with Gasteiger partial charge >= 0.3 is 11.9 Å². The predicted octanol–water partition coefficient (Wildman–Crippen LogP) is 4.00. The van der Waals surface area contributed by atoms with Gasteiger partial charge < -0.3 is 9.47 Å². The van der Waals surface area contributed by atoms with Gasteiger partial charge in [0.1, 0.15) is 6.54 Å². The van der Waals surface area contributed by atoms with Gasteiger partial charge in [-0.3, -0.25) is 9.10 Å². The highest BCUT2D eigenvalue weighted by Gasteiger charge is 2.31. The SMILES string of the molecule is COC(=O)CN(c1cc(C(=O)OC)nc2cc(Cl)cc(Cl)c12)S(=O)(=O)c1ccc(C)cc1. The number of sulfonamides is 1. The summed E-state index contributed by atoms with van der Waals surface area (Å²) < 4.78 is 37.4. The van der Waals surface area contributed by atoms with E-state index in [0.717, 1.165) is 24.1 Å². The van der Waals surface area contributed by atoms with Gasteiger partial charge in [-0.15, -0.1) is 0 Å². The lowest BCUT2D eigenvalue weighted by molar-refractivity contribution is -0.138. The quantitative estimate of drug-likeness (QED) is 0.475. The number of halogens is 2. The van der Waals surface area contributed by atoms with Crippen LogP contribution in [0.15, 0.2) is 47.4 Å². The first-order valence-electron chi connectivity index (χ1n) is 9.13. The van der Waals surface area contributed by atoms with Crippen molar-refractivity contribution >= 4 is 61.8 Å². The van der Waals surface area contributed by atoms with E-state index >= 15 is 0 Å². The van der Waals surface area contributed by atoms with E-state index in [0.29, 0.717) is 0 Å². The molecule has 0 spiro atoms. The molecule has 0 aliphatic carbocycles. The Bertz CT molecular complexity index is 1310. The van der Waals surface area contributed by atoms with Crippen LogP contribution >= 0.6 is 23.2 Å². The molecule has 1 heterocycles. The summed E-state index contributed by atoms with van der Waals surface area (Å²) in [6.45, 7) is 1.14. The number of anilines is 1. The topological polar surface area (TPSA) is 103 Å². The molecule has 3 aromatic rings. The van der Waals surface area contributed by atoms with Gasteiger partial charge in [-0.05, 0) is 37.3 Å². The van der Waals surface area contributed by atoms with Gasteiger partial charge in [0.2, 0.25) is 0 Å². The summed E-state index contributed by atoms with van der Waals surface area (Å²) in [5, 5.41) is 0.493. The lowest BCUT2D eigenvalue weighted by atomic mass is 10.1. The Morgan fingerprint density at radius 1 is 1.03 bits per heavy atom. The Kier molecular flexibility index (Phi) is 6.92. The Hall–Kier alpha value is -2.88. The fourth-order valence-electron chi connectivity index (χ4n) is 2.99. The standard InChI is InChI=1S/C21H18Cl2N2O6S/c1-12-4-6-14(7-5-12)32(28,29)25(11-19(26)30-2)18-10-17(21(27)31-3)24-16-9-13(22)8-15(23)20(16)18/h4-10H,11H2,1-3H3. The molecule has 0 radical (unpaired) electrons. The maximum atomic E-state index is 13.6. The highest BCUT2D eigenvalue weighted by Crippen LogP contribution is 2.37. The van der Waals surface area contributed by atoms with E-state index in [4.69, 9.17) is 32.7 Å². The van der Waals surface area contributed by atoms with Gasteiger partial charge in [0, 0.05) is 10.4 Å². The maximum Gasteiger partial charge on any atom is 0.356 e. The van der Waals surface area contributed by atoms with Gasteiger partial charge in [0.25, 0.3) is 10.0 Å². The molecule has 3 rings (SSSR count). The van der Waals surface area contributed by atoms with Gasteiger partial charge in [-0.1, -0.05) is 40.9 Å². The third-order valence-electron chi connectivity index (χ3n) is 4.58. The molecule has 0 N–H and O–H groups in total. The summed E-state index contributed by atoms with van der Waals surface area (Å²) in [5.74, 6) is -1.63. The molecular formula is C21H18Cl2N2O6S. The predicted molar refractivity (Wildman–Crippen MR) is 121 cm³/mol. The van der Waals surface area contributed by atoms with Crippen LogP contribution in [0.5, 0.6) is 0 Å². The van der Waals surface area contributed by atoms with Gasteiger partial charge in [0.05, 0.1) is 35.3 Å². The first kappa shape index (κ1) is 23.8. The zero-order chi connectivity index (χ0) is 23.6. The number of rotatable bonds is 6. The number of aromatic nitrogens is 1. The minimum atomic E-state index is -4.28. The third-order valence-corrected chi connectivity index (χ3v) is 6.87. The monoisotopic (exact) mass is 496 g/mol. The Morgan fingerprint density at radius 3 is 2.28 bits per heavy atom. The third kappa shape index (κ3) is 4.64. The van der Waals surface area contributed by atoms with Crippen LogP contribution in [0, 0.1) is 6.92 Å². The normalized spacial score (nSPS) is 11.3. The summed E-state index contributed by atoms with van der Waals surface area (Å²) in [6.07, 6.45) is 0. The summed E-state index contributed by atoms with van der Waals surface area (Å²) >= 11 is 12.5. The molecule has 0 fully saturated rings. The summed E-state index contributed by atoms with van der Waals surface area (Å²) in [6, 6.07) is 10.1. The minimum absolute atomic E-state index is 0.0527. The molecule has 0 aliphatic rings. The molecule has 0 saturated heterocycles. The second kappa shape index (κ2) is 9.32. The summed E-state index contributed by atoms with van der Waals surface area (Å²) in [7, 11) is -1.99. The van der Waals surface area contributed by atoms with Crippen molar-refractivity contribution in [3.8, 4) is 0 Å². The summed E-state index contributed by atoms with van der Waals surface area (Å²) in [4.78, 5) is 28.5. The van der Waals surface area contributed by atoms with Crippen molar-refractivity contribution in [1.82, 2.24) is 4.98 Å². The van der Waals surface area contributed by atoms with Crippen LogP contribution < -0.4 is 4.31 Å². The van der Waals surface area contributed by atoms with Crippen LogP contribution in [0.2, 0.25) is 10.0 Å². The molecule has 0 saturated carbocycles. The number of fused-ring (bicyclic) bond motifs is 1. The molecule has 8 nitrogen and oxygen atoms in total. The summed E-state index contributed by atoms with van der Waals surface area (Å²) in [5.41, 5.74) is 0.753. The van der Waals surface area contributed by atoms with E-state index in [-0.39, 0.29) is 37.2 Å². The molecule has 1 aromatic heterocycles. The van der Waals surface area contributed by atoms with Crippen molar-refractivity contribution in [3.63, 3.8) is 0 Å². The van der Waals surface area contributed by atoms with Crippen molar-refractivity contribution in [2.45, 2.75) is 11.8 Å². The van der Waals surface area contributed by atoms with Crippen LogP contribution in [0.1, 0.15) is 16.1 Å². The number of hydrogen-bond donors (Lipinski definition) is 0. The van der Waals surface area contributed by atoms with E-state index in [1.807, 2.05) is 6.92 Å². The fraction of sp³-hybridized carbons (Fsp3) is 0.190. The Morgan fingerprint density at radius 2 is 1.69 bits per heavy atom. The number of benzene rings is 2. The zero-order valence-electron chi connectivity index (χ0n) is 17.3. The van der Waals surface area contributed by atoms with Crippen LogP contribution in [0.3, 0.4) is 0 Å². The van der Waals surface area contributed by atoms with Crippen molar-refractivity contribution < 1.29 is 27.5 Å². The number of nitrogens with zero attached hydrogens (tertiary/aromatic N) is 2. The fourth-order valence-corrected chi connectivity index (χ4v) is 4.98. The van der Waals surface area contributed by atoms with Crippen LogP contribution in [-0.2, 0) is 24.3 Å². The van der Waals surface area contributed by atoms with Crippen molar-refractivity contribution in [2.24, 2.45) is 0 Å². The molecule has 0 bridgehead atoms. The first-order chi connectivity index (χ1) is 15.1. The van der Waals surface area contributed by atoms with Crippen molar-refractivity contribution in [1.29, 1.82) is 0 Å². The molecule has 0 amide bonds. The largest absolute Gasteiger partial charge is 0.468 e. The molecule has 0 aliphatic heterocycles. The van der Waals surface area contributed by atoms with Crippen molar-refractivity contribution in [3.05, 3.63) is 63.8 Å². The number of carbonyl (C=O) groups is 2. The van der Waals surface area contributed by atoms with E-state index in [1.165, 1.54) is 30.3 Å². The molecule has 0 unspecified atom stereocenters. The minimum Gasteiger partial charge on any atom is -0.468 e. The van der Waals surface area contributed by atoms with Crippen molar-refractivity contribution in [2.75, 3.05) is 25.1 Å². The lowest BCUT2D eigenvalue weighted by Gasteiger charge is -2.25. The average Bonchev–Trinajstić information content (AvgIpc) is 2.75. The number of ether oxygens (including phenoxy) is 2. The van der Waals surface area contributed by atoms with E-state index in [9.17, 15) is 18.0 Å². The number of methoxy groups -OCH3 is 2. The number of pyridine rings is 1. The van der Waals surface area contributed by atoms with Gasteiger partial charge in [-0.25, -0.2) is 18.2 Å². The molecule has 0 atom stereocenters. The Labute approximate surface area is 194 Å². The van der Waals surface area contributed by atoms with Gasteiger partial charge in [-0.2, -0.15) is 0 Å². The average molecular weight is 497 g/mol. The second-order valence-corrected chi connectivity index (χ2v) is 9.41. The number of esters is 2. The Balaban J connectivity index is 2.37. The molecular weight excluding hydrogens is 479 g/mol. The molecule has 32 heavy (non-hydrogen) atoms. The van der Waals surface area contributed by atoms with Crippen LogP contribution in [0.4, 0.5) is 5.69 Å². The maximum absolute atomic E-state index is 13.6. The smallest absolute Gasteiger partial charge is 0.356 e. The molecule has 2 aromatic carbocycles. The highest BCUT2D eigenvalue weighted by molar-refractivity contribution is 7.92. The number of aryl methyl sites for hydroxylation is 1. The lowest BCUT2D eigenvalue weighted by Crippen LogP contribution is -2.36.